The number of hydrogen-bond acceptors (Lipinski definition) is 7. The number of ether oxygens (including phenoxy) is 1. The predicted molar refractivity (Wildman–Crippen MR) is 94.4 cm³/mol. The van der Waals surface area contributed by atoms with Crippen molar-refractivity contribution in [2.24, 2.45) is 0 Å². The standard InChI is InChI=1S/C13H13Cl2N3O5S2/c1-23-13-12(16-6-11(17-13)24(2,19)20)18-25(21,22)7-8-3-9(14)5-10(15)4-8/h3-6H,7H2,1-2H3,(H,16,18). The molecule has 1 heterocycles. The van der Waals surface area contributed by atoms with Crippen LogP contribution in [0.1, 0.15) is 5.56 Å². The van der Waals surface area contributed by atoms with Crippen LogP contribution in [0.15, 0.2) is 29.4 Å². The molecule has 0 saturated carbocycles. The van der Waals surface area contributed by atoms with Gasteiger partial charge >= 0.3 is 0 Å². The third kappa shape index (κ3) is 5.43. The predicted octanol–water partition coefficient (Wildman–Crippen LogP) is 2.14. The quantitative estimate of drug-likeness (QED) is 0.753. The topological polar surface area (TPSA) is 115 Å². The molecule has 1 aromatic heterocycles. The first-order valence-corrected chi connectivity index (χ1v) is 10.9. The highest BCUT2D eigenvalue weighted by molar-refractivity contribution is 7.92. The number of nitrogens with one attached hydrogen (secondary N) is 1. The maximum atomic E-state index is 12.3. The van der Waals surface area contributed by atoms with Crippen LogP contribution in [0.25, 0.3) is 0 Å². The first kappa shape index (κ1) is 19.7. The SMILES string of the molecule is COc1nc(S(C)(=O)=O)cnc1NS(=O)(=O)Cc1cc(Cl)cc(Cl)c1. The van der Waals surface area contributed by atoms with E-state index in [1.807, 2.05) is 0 Å². The maximum absolute atomic E-state index is 12.3. The van der Waals surface area contributed by atoms with Gasteiger partial charge in [0.2, 0.25) is 15.8 Å². The second-order valence-corrected chi connectivity index (χ2v) is 9.53. The summed E-state index contributed by atoms with van der Waals surface area (Å²) in [5, 5.41) is 0.258. The summed E-state index contributed by atoms with van der Waals surface area (Å²) in [7, 11) is -6.30. The molecule has 0 spiro atoms. The van der Waals surface area contributed by atoms with Gasteiger partial charge in [0, 0.05) is 16.3 Å². The zero-order chi connectivity index (χ0) is 18.8. The van der Waals surface area contributed by atoms with Crippen LogP contribution in [0.5, 0.6) is 5.88 Å². The second-order valence-electron chi connectivity index (χ2n) is 4.98. The van der Waals surface area contributed by atoms with E-state index in [0.29, 0.717) is 15.6 Å². The van der Waals surface area contributed by atoms with Crippen molar-refractivity contribution in [1.29, 1.82) is 0 Å². The highest BCUT2D eigenvalue weighted by Gasteiger charge is 2.20. The highest BCUT2D eigenvalue weighted by Crippen LogP contribution is 2.24. The lowest BCUT2D eigenvalue weighted by molar-refractivity contribution is 0.394. The van der Waals surface area contributed by atoms with E-state index in [0.717, 1.165) is 12.5 Å². The van der Waals surface area contributed by atoms with Crippen molar-refractivity contribution < 1.29 is 21.6 Å². The minimum atomic E-state index is -3.90. The van der Waals surface area contributed by atoms with E-state index in [1.54, 1.807) is 0 Å². The van der Waals surface area contributed by atoms with Crippen LogP contribution in [-0.2, 0) is 25.6 Å². The first-order valence-electron chi connectivity index (χ1n) is 6.57. The minimum Gasteiger partial charge on any atom is -0.478 e. The molecule has 1 N–H and O–H groups in total. The lowest BCUT2D eigenvalue weighted by Gasteiger charge is -2.11. The Hall–Kier alpha value is -1.62. The fourth-order valence-corrected chi connectivity index (χ4v) is 4.02. The van der Waals surface area contributed by atoms with Crippen LogP contribution < -0.4 is 9.46 Å². The van der Waals surface area contributed by atoms with Crippen molar-refractivity contribution in [3.05, 3.63) is 40.0 Å². The van der Waals surface area contributed by atoms with E-state index in [2.05, 4.69) is 14.7 Å². The molecule has 0 saturated heterocycles. The number of hydrogen-bond donors (Lipinski definition) is 1. The molecule has 2 aromatic rings. The normalized spacial score (nSPS) is 12.0. The summed E-state index contributed by atoms with van der Waals surface area (Å²) in [6.07, 6.45) is 1.88. The zero-order valence-electron chi connectivity index (χ0n) is 13.0. The van der Waals surface area contributed by atoms with Gasteiger partial charge in [-0.25, -0.2) is 21.8 Å². The van der Waals surface area contributed by atoms with Crippen molar-refractivity contribution in [3.63, 3.8) is 0 Å². The maximum Gasteiger partial charge on any atom is 0.259 e. The number of anilines is 1. The van der Waals surface area contributed by atoms with Gasteiger partial charge in [-0.15, -0.1) is 0 Å². The van der Waals surface area contributed by atoms with Gasteiger partial charge < -0.3 is 4.74 Å². The van der Waals surface area contributed by atoms with Gasteiger partial charge in [-0.1, -0.05) is 23.2 Å². The Morgan fingerprint density at radius 1 is 1.12 bits per heavy atom. The summed E-state index contributed by atoms with van der Waals surface area (Å²) in [5.74, 6) is -0.926. The molecule has 136 valence electrons. The van der Waals surface area contributed by atoms with Crippen LogP contribution >= 0.6 is 23.2 Å². The van der Waals surface area contributed by atoms with Crippen LogP contribution in [0, 0.1) is 0 Å². The summed E-state index contributed by atoms with van der Waals surface area (Å²) in [6.45, 7) is 0. The molecule has 2 rings (SSSR count). The zero-order valence-corrected chi connectivity index (χ0v) is 16.2. The summed E-state index contributed by atoms with van der Waals surface area (Å²) >= 11 is 11.7. The van der Waals surface area contributed by atoms with E-state index in [1.165, 1.54) is 25.3 Å². The molecule has 0 amide bonds. The summed E-state index contributed by atoms with van der Waals surface area (Å²) in [4.78, 5) is 7.51. The third-order valence-electron chi connectivity index (χ3n) is 2.82. The van der Waals surface area contributed by atoms with Gasteiger partial charge in [0.25, 0.3) is 5.88 Å². The Morgan fingerprint density at radius 2 is 1.72 bits per heavy atom. The molecular weight excluding hydrogens is 413 g/mol. The van der Waals surface area contributed by atoms with Crippen molar-refractivity contribution in [2.45, 2.75) is 10.8 Å². The van der Waals surface area contributed by atoms with Gasteiger partial charge in [-0.2, -0.15) is 4.98 Å². The van der Waals surface area contributed by atoms with Gasteiger partial charge in [0.15, 0.2) is 14.9 Å². The minimum absolute atomic E-state index is 0.233. The molecule has 0 aliphatic heterocycles. The number of sulfone groups is 1. The van der Waals surface area contributed by atoms with Crippen LogP contribution in [0.3, 0.4) is 0 Å². The number of nitrogens with zero attached hydrogens (tertiary/aromatic N) is 2. The fourth-order valence-electron chi connectivity index (χ4n) is 1.84. The highest BCUT2D eigenvalue weighted by atomic mass is 35.5. The lowest BCUT2D eigenvalue weighted by atomic mass is 10.2. The van der Waals surface area contributed by atoms with Gasteiger partial charge in [0.05, 0.1) is 19.1 Å². The average Bonchev–Trinajstić information content (AvgIpc) is 2.44. The fraction of sp³-hybridized carbons (Fsp3) is 0.231. The van der Waals surface area contributed by atoms with E-state index in [9.17, 15) is 16.8 Å². The average molecular weight is 426 g/mol. The van der Waals surface area contributed by atoms with Gasteiger partial charge in [0.1, 0.15) is 0 Å². The lowest BCUT2D eigenvalue weighted by Crippen LogP contribution is -2.17. The molecule has 0 bridgehead atoms. The summed E-state index contributed by atoms with van der Waals surface area (Å²) < 4.78 is 54.7. The Labute approximate surface area is 155 Å². The van der Waals surface area contributed by atoms with Gasteiger partial charge in [-0.05, 0) is 23.8 Å². The third-order valence-corrected chi connectivity index (χ3v) is 5.43. The molecule has 0 aliphatic carbocycles. The Morgan fingerprint density at radius 3 is 2.24 bits per heavy atom. The smallest absolute Gasteiger partial charge is 0.259 e. The Balaban J connectivity index is 2.31. The number of methoxy groups -OCH3 is 1. The second kappa shape index (κ2) is 7.32. The van der Waals surface area contributed by atoms with E-state index in [4.69, 9.17) is 27.9 Å². The number of rotatable bonds is 6. The number of halogens is 2. The van der Waals surface area contributed by atoms with Crippen LogP contribution in [0.4, 0.5) is 5.82 Å². The number of benzene rings is 1. The van der Waals surface area contributed by atoms with Crippen LogP contribution in [0.2, 0.25) is 10.0 Å². The van der Waals surface area contributed by atoms with E-state index < -0.39 is 25.6 Å². The summed E-state index contributed by atoms with van der Waals surface area (Å²) in [5.41, 5.74) is 0.365. The molecule has 0 unspecified atom stereocenters. The molecule has 0 atom stereocenters. The van der Waals surface area contributed by atoms with Crippen molar-refractivity contribution >= 4 is 48.9 Å². The summed E-state index contributed by atoms with van der Waals surface area (Å²) in [6, 6.07) is 4.40. The largest absolute Gasteiger partial charge is 0.478 e. The van der Waals surface area contributed by atoms with Crippen molar-refractivity contribution in [3.8, 4) is 5.88 Å². The molecule has 25 heavy (non-hydrogen) atoms. The molecule has 8 nitrogen and oxygen atoms in total. The van der Waals surface area contributed by atoms with Crippen molar-refractivity contribution in [1.82, 2.24) is 9.97 Å². The first-order chi connectivity index (χ1) is 11.5. The van der Waals surface area contributed by atoms with Crippen molar-refractivity contribution in [2.75, 3.05) is 18.1 Å². The molecular formula is C13H13Cl2N3O5S2. The molecule has 12 heteroatoms. The molecule has 0 radical (unpaired) electrons. The molecule has 1 aromatic carbocycles. The molecule has 0 aliphatic rings. The number of sulfonamides is 1. The van der Waals surface area contributed by atoms with Crippen LogP contribution in [-0.4, -0.2) is 40.2 Å². The Bertz CT molecular complexity index is 990. The van der Waals surface area contributed by atoms with E-state index in [-0.39, 0.29) is 16.7 Å². The van der Waals surface area contributed by atoms with Gasteiger partial charge in [-0.3, -0.25) is 4.72 Å². The number of aromatic nitrogens is 2. The molecule has 0 fully saturated rings. The van der Waals surface area contributed by atoms with E-state index >= 15 is 0 Å². The Kier molecular flexibility index (Phi) is 5.77. The monoisotopic (exact) mass is 425 g/mol.